The van der Waals surface area contributed by atoms with E-state index in [0.29, 0.717) is 18.1 Å². The smallest absolute Gasteiger partial charge is 0.226 e. The molecule has 1 aliphatic rings. The standard InChI is InChI=1S/C29H47N7O/c1-19-12-13-21(27(3,4)5)16-22(19)32-25-23-24(31-18-36(23)10)33-26(34-25)30-17-28(6,7)35-20(2)14-15-29(8,9)37-11/h12-13,18,22H,14-17H2,1-11H3,(H2,30,32,33,34). The largest absolute Gasteiger partial charge is 0.379 e. The van der Waals surface area contributed by atoms with Gasteiger partial charge in [-0.2, -0.15) is 9.97 Å². The van der Waals surface area contributed by atoms with Crippen LogP contribution < -0.4 is 10.6 Å². The summed E-state index contributed by atoms with van der Waals surface area (Å²) in [6.45, 7) is 20.1. The number of hydrogen-bond acceptors (Lipinski definition) is 7. The lowest BCUT2D eigenvalue weighted by Crippen LogP contribution is -2.31. The van der Waals surface area contributed by atoms with Crippen LogP contribution in [0.1, 0.15) is 81.6 Å². The average Bonchev–Trinajstić information content (AvgIpc) is 3.18. The Labute approximate surface area is 223 Å². The molecule has 0 aromatic carbocycles. The Morgan fingerprint density at radius 1 is 1.14 bits per heavy atom. The minimum Gasteiger partial charge on any atom is -0.379 e. The predicted molar refractivity (Wildman–Crippen MR) is 156 cm³/mol. The van der Waals surface area contributed by atoms with Gasteiger partial charge < -0.3 is 19.9 Å². The van der Waals surface area contributed by atoms with Gasteiger partial charge in [-0.15, -0.1) is 0 Å². The number of allylic oxidation sites excluding steroid dienone is 2. The van der Waals surface area contributed by atoms with E-state index in [-0.39, 0.29) is 22.6 Å². The molecule has 2 aromatic rings. The predicted octanol–water partition coefficient (Wildman–Crippen LogP) is 6.32. The number of nitrogens with one attached hydrogen (secondary N) is 2. The first-order valence-electron chi connectivity index (χ1n) is 13.3. The summed E-state index contributed by atoms with van der Waals surface area (Å²) < 4.78 is 7.53. The van der Waals surface area contributed by atoms with Crippen LogP contribution in [0.25, 0.3) is 11.2 Å². The van der Waals surface area contributed by atoms with Crippen molar-refractivity contribution >= 4 is 28.6 Å². The number of aryl methyl sites for hydroxylation is 1. The number of ether oxygens (including phenoxy) is 1. The van der Waals surface area contributed by atoms with E-state index in [1.165, 1.54) is 11.1 Å². The number of aliphatic imine (C=N–C) groups is 1. The van der Waals surface area contributed by atoms with Crippen molar-refractivity contribution < 1.29 is 4.74 Å². The van der Waals surface area contributed by atoms with Gasteiger partial charge in [0.05, 0.1) is 23.5 Å². The van der Waals surface area contributed by atoms with Gasteiger partial charge in [-0.25, -0.2) is 4.98 Å². The highest BCUT2D eigenvalue weighted by Gasteiger charge is 2.26. The summed E-state index contributed by atoms with van der Waals surface area (Å²) in [6.07, 6.45) is 9.04. The van der Waals surface area contributed by atoms with Crippen molar-refractivity contribution in [1.29, 1.82) is 0 Å². The van der Waals surface area contributed by atoms with E-state index >= 15 is 0 Å². The van der Waals surface area contributed by atoms with Crippen molar-refractivity contribution in [2.24, 2.45) is 17.5 Å². The van der Waals surface area contributed by atoms with E-state index in [4.69, 9.17) is 19.7 Å². The summed E-state index contributed by atoms with van der Waals surface area (Å²) in [5.74, 6) is 1.35. The molecule has 1 unspecified atom stereocenters. The number of imidazole rings is 1. The number of methoxy groups -OCH3 is 1. The summed E-state index contributed by atoms with van der Waals surface area (Å²) in [5, 5.41) is 7.14. The van der Waals surface area contributed by atoms with Gasteiger partial charge in [-0.3, -0.25) is 4.99 Å². The topological polar surface area (TPSA) is 89.3 Å². The third kappa shape index (κ3) is 7.63. The molecule has 0 spiro atoms. The first-order chi connectivity index (χ1) is 17.1. The molecule has 0 saturated heterocycles. The number of hydrogen-bond donors (Lipinski definition) is 2. The lowest BCUT2D eigenvalue weighted by molar-refractivity contribution is 0.0171. The molecule has 0 bridgehead atoms. The van der Waals surface area contributed by atoms with E-state index in [9.17, 15) is 0 Å². The Kier molecular flexibility index (Phi) is 8.52. The van der Waals surface area contributed by atoms with Gasteiger partial charge in [-0.1, -0.05) is 44.1 Å². The van der Waals surface area contributed by atoms with E-state index in [1.54, 1.807) is 13.4 Å². The van der Waals surface area contributed by atoms with Crippen molar-refractivity contribution in [2.45, 2.75) is 98.8 Å². The quantitative estimate of drug-likeness (QED) is 0.364. The van der Waals surface area contributed by atoms with E-state index in [1.807, 2.05) is 11.6 Å². The Balaban J connectivity index is 1.78. The van der Waals surface area contributed by atoms with Crippen molar-refractivity contribution in [3.63, 3.8) is 0 Å². The molecule has 0 radical (unpaired) electrons. The van der Waals surface area contributed by atoms with Gasteiger partial charge in [0, 0.05) is 26.4 Å². The summed E-state index contributed by atoms with van der Waals surface area (Å²) in [5.41, 5.74) is 5.07. The van der Waals surface area contributed by atoms with Gasteiger partial charge in [0.15, 0.2) is 11.5 Å². The van der Waals surface area contributed by atoms with Gasteiger partial charge in [-0.05, 0) is 66.2 Å². The highest BCUT2D eigenvalue weighted by molar-refractivity contribution is 5.85. The molecule has 1 atom stereocenters. The molecule has 8 heteroatoms. The SMILES string of the molecule is COC(C)(C)CCC(C)=NC(C)(C)CNc1nc(NC2CC(C(C)(C)C)=CC=C2C)c2c(ncn2C)n1. The number of fused-ring (bicyclic) bond motifs is 1. The second-order valence-electron chi connectivity index (χ2n) is 12.7. The zero-order chi connectivity index (χ0) is 27.6. The first-order valence-corrected chi connectivity index (χ1v) is 13.3. The van der Waals surface area contributed by atoms with Crippen LogP contribution in [0.4, 0.5) is 11.8 Å². The van der Waals surface area contributed by atoms with Crippen LogP contribution in [-0.2, 0) is 11.8 Å². The molecule has 37 heavy (non-hydrogen) atoms. The van der Waals surface area contributed by atoms with Crippen molar-refractivity contribution in [2.75, 3.05) is 24.3 Å². The fourth-order valence-corrected chi connectivity index (χ4v) is 4.41. The molecule has 0 aliphatic heterocycles. The normalized spacial score (nSPS) is 17.6. The Bertz CT molecular complexity index is 1190. The van der Waals surface area contributed by atoms with Crippen molar-refractivity contribution in [3.8, 4) is 0 Å². The second-order valence-corrected chi connectivity index (χ2v) is 12.7. The first kappa shape index (κ1) is 28.8. The third-order valence-electron chi connectivity index (χ3n) is 7.18. The van der Waals surface area contributed by atoms with Gasteiger partial charge in [0.1, 0.15) is 5.52 Å². The zero-order valence-electron chi connectivity index (χ0n) is 24.8. The molecule has 0 saturated carbocycles. The van der Waals surface area contributed by atoms with Crippen molar-refractivity contribution in [1.82, 2.24) is 19.5 Å². The Morgan fingerprint density at radius 2 is 1.84 bits per heavy atom. The van der Waals surface area contributed by atoms with E-state index in [2.05, 4.69) is 90.1 Å². The summed E-state index contributed by atoms with van der Waals surface area (Å²) >= 11 is 0. The number of rotatable bonds is 10. The van der Waals surface area contributed by atoms with Crippen LogP contribution in [0.15, 0.2) is 34.6 Å². The molecular formula is C29H47N7O. The Morgan fingerprint density at radius 3 is 2.49 bits per heavy atom. The number of nitrogens with zero attached hydrogens (tertiary/aromatic N) is 5. The van der Waals surface area contributed by atoms with Crippen LogP contribution in [-0.4, -0.2) is 56.1 Å². The molecular weight excluding hydrogens is 462 g/mol. The zero-order valence-corrected chi connectivity index (χ0v) is 24.8. The number of aromatic nitrogens is 4. The average molecular weight is 510 g/mol. The maximum atomic E-state index is 5.55. The minimum absolute atomic E-state index is 0.126. The van der Waals surface area contributed by atoms with Gasteiger partial charge >= 0.3 is 0 Å². The van der Waals surface area contributed by atoms with Crippen LogP contribution in [0.2, 0.25) is 0 Å². The fraction of sp³-hybridized carbons (Fsp3) is 0.655. The molecule has 1 aliphatic carbocycles. The highest BCUT2D eigenvalue weighted by Crippen LogP contribution is 2.35. The summed E-state index contributed by atoms with van der Waals surface area (Å²) in [6, 6.07) is 0.167. The van der Waals surface area contributed by atoms with Gasteiger partial charge in [0.25, 0.3) is 0 Å². The van der Waals surface area contributed by atoms with Crippen LogP contribution in [0, 0.1) is 5.41 Å². The monoisotopic (exact) mass is 509 g/mol. The fourth-order valence-electron chi connectivity index (χ4n) is 4.41. The van der Waals surface area contributed by atoms with E-state index in [0.717, 1.165) is 36.3 Å². The number of anilines is 2. The summed E-state index contributed by atoms with van der Waals surface area (Å²) in [4.78, 5) is 19.1. The maximum Gasteiger partial charge on any atom is 0.226 e. The third-order valence-corrected chi connectivity index (χ3v) is 7.18. The highest BCUT2D eigenvalue weighted by atomic mass is 16.5. The molecule has 2 N–H and O–H groups in total. The summed E-state index contributed by atoms with van der Waals surface area (Å²) in [7, 11) is 3.74. The Hall–Kier alpha value is -2.74. The van der Waals surface area contributed by atoms with E-state index < -0.39 is 0 Å². The second kappa shape index (κ2) is 10.9. The molecule has 8 nitrogen and oxygen atoms in total. The molecule has 0 fully saturated rings. The molecule has 2 aromatic heterocycles. The van der Waals surface area contributed by atoms with Crippen LogP contribution in [0.3, 0.4) is 0 Å². The van der Waals surface area contributed by atoms with Crippen molar-refractivity contribution in [3.05, 3.63) is 29.6 Å². The lowest BCUT2D eigenvalue weighted by atomic mass is 9.79. The lowest BCUT2D eigenvalue weighted by Gasteiger charge is -2.31. The van der Waals surface area contributed by atoms with Gasteiger partial charge in [0.2, 0.25) is 5.95 Å². The minimum atomic E-state index is -0.313. The van der Waals surface area contributed by atoms with Crippen LogP contribution >= 0.6 is 0 Å². The maximum absolute atomic E-state index is 5.55. The molecule has 3 rings (SSSR count). The molecule has 2 heterocycles. The molecule has 204 valence electrons. The van der Waals surface area contributed by atoms with Crippen LogP contribution in [0.5, 0.6) is 0 Å². The molecule has 0 amide bonds.